The van der Waals surface area contributed by atoms with Crippen LogP contribution in [0.2, 0.25) is 5.02 Å². The zero-order valence-electron chi connectivity index (χ0n) is 25.2. The van der Waals surface area contributed by atoms with E-state index in [4.69, 9.17) is 26.5 Å². The number of halogens is 4. The predicted molar refractivity (Wildman–Crippen MR) is 171 cm³/mol. The number of fused-ring (bicyclic) bond motifs is 1. The molecule has 0 radical (unpaired) electrons. The summed E-state index contributed by atoms with van der Waals surface area (Å²) >= 11 is 6.19. The molecule has 0 aliphatic carbocycles. The Morgan fingerprint density at radius 3 is 2.30 bits per heavy atom. The number of amides is 1. The molecule has 0 saturated heterocycles. The minimum Gasteiger partial charge on any atom is -0.490 e. The highest BCUT2D eigenvalue weighted by atomic mass is 35.5. The number of hydrogen-bond donors (Lipinski definition) is 2. The first-order chi connectivity index (χ1) is 21.8. The molecule has 1 amide bonds. The van der Waals surface area contributed by atoms with Crippen LogP contribution in [0.5, 0.6) is 5.75 Å². The standard InChI is InChI=1S/C35H31ClF3N3O4/c1-20(2)46-32-13-11-27(35(37,38)39)18-29(32)30-19-31(26-9-8-25-17-28(36)12-10-24(25)16-26)42(41-30)21(3)22-4-6-23(7-5-22)34(45)40-15-14-33(43)44/h4-13,16-21H,14-15H2,1-3H3,(H,40,45)(H,43,44)/t21-/m0/s1. The number of hydrogen-bond acceptors (Lipinski definition) is 4. The quantitative estimate of drug-likeness (QED) is 0.158. The fourth-order valence-electron chi connectivity index (χ4n) is 5.12. The molecule has 5 aromatic rings. The summed E-state index contributed by atoms with van der Waals surface area (Å²) in [5, 5.41) is 18.7. The normalized spacial score (nSPS) is 12.3. The van der Waals surface area contributed by atoms with Gasteiger partial charge in [-0.1, -0.05) is 41.9 Å². The minimum atomic E-state index is -4.56. The van der Waals surface area contributed by atoms with Gasteiger partial charge in [0.25, 0.3) is 5.91 Å². The van der Waals surface area contributed by atoms with Crippen LogP contribution in [0.25, 0.3) is 33.3 Å². The molecule has 1 aromatic heterocycles. The largest absolute Gasteiger partial charge is 0.490 e. The molecule has 2 N–H and O–H groups in total. The predicted octanol–water partition coefficient (Wildman–Crippen LogP) is 8.64. The SMILES string of the molecule is CC(C)Oc1ccc(C(F)(F)F)cc1-c1cc(-c2ccc3cc(Cl)ccc3c2)n([C@@H](C)c2ccc(C(=O)NCCC(=O)O)cc2)n1. The number of aromatic nitrogens is 2. The van der Waals surface area contributed by atoms with Crippen LogP contribution in [0, 0.1) is 0 Å². The van der Waals surface area contributed by atoms with Gasteiger partial charge in [-0.2, -0.15) is 18.3 Å². The fraction of sp³-hybridized carbons (Fsp3) is 0.229. The lowest BCUT2D eigenvalue weighted by atomic mass is 10.0. The average molecular weight is 650 g/mol. The van der Waals surface area contributed by atoms with E-state index < -0.39 is 29.7 Å². The summed E-state index contributed by atoms with van der Waals surface area (Å²) in [6, 6.07) is 22.8. The van der Waals surface area contributed by atoms with Crippen molar-refractivity contribution >= 4 is 34.2 Å². The second-order valence-corrected chi connectivity index (χ2v) is 11.6. The van der Waals surface area contributed by atoms with Crippen molar-refractivity contribution in [3.8, 4) is 28.3 Å². The van der Waals surface area contributed by atoms with E-state index in [1.807, 2.05) is 37.3 Å². The molecule has 0 unspecified atom stereocenters. The Morgan fingerprint density at radius 2 is 1.63 bits per heavy atom. The molecule has 238 valence electrons. The van der Waals surface area contributed by atoms with Gasteiger partial charge in [0.15, 0.2) is 0 Å². The molecule has 7 nitrogen and oxygen atoms in total. The summed E-state index contributed by atoms with van der Waals surface area (Å²) in [6.07, 6.45) is -5.04. The molecule has 0 fully saturated rings. The first-order valence-corrected chi connectivity index (χ1v) is 15.0. The van der Waals surface area contributed by atoms with Crippen LogP contribution in [-0.2, 0) is 11.0 Å². The third-order valence-electron chi connectivity index (χ3n) is 7.43. The number of benzene rings is 4. The van der Waals surface area contributed by atoms with E-state index in [1.54, 1.807) is 54.9 Å². The van der Waals surface area contributed by atoms with Gasteiger partial charge in [-0.25, -0.2) is 0 Å². The molecule has 0 aliphatic rings. The lowest BCUT2D eigenvalue weighted by molar-refractivity contribution is -0.138. The third-order valence-corrected chi connectivity index (χ3v) is 7.66. The summed E-state index contributed by atoms with van der Waals surface area (Å²) in [5.74, 6) is -1.14. The molecular weight excluding hydrogens is 619 g/mol. The monoisotopic (exact) mass is 649 g/mol. The first kappa shape index (κ1) is 32.6. The van der Waals surface area contributed by atoms with Crippen LogP contribution in [-0.4, -0.2) is 39.4 Å². The van der Waals surface area contributed by atoms with Crippen LogP contribution in [0.4, 0.5) is 13.2 Å². The van der Waals surface area contributed by atoms with E-state index in [-0.39, 0.29) is 30.4 Å². The van der Waals surface area contributed by atoms with Crippen molar-refractivity contribution in [1.29, 1.82) is 0 Å². The van der Waals surface area contributed by atoms with Crippen molar-refractivity contribution in [2.45, 2.75) is 45.5 Å². The highest BCUT2D eigenvalue weighted by Crippen LogP contribution is 2.40. The van der Waals surface area contributed by atoms with Crippen molar-refractivity contribution < 1.29 is 32.6 Å². The van der Waals surface area contributed by atoms with E-state index in [2.05, 4.69) is 5.32 Å². The van der Waals surface area contributed by atoms with E-state index in [0.717, 1.165) is 34.0 Å². The van der Waals surface area contributed by atoms with Gasteiger partial charge in [0.1, 0.15) is 5.75 Å². The molecule has 0 aliphatic heterocycles. The number of carboxylic acid groups (broad SMARTS) is 1. The summed E-state index contributed by atoms with van der Waals surface area (Å²) in [7, 11) is 0. The maximum absolute atomic E-state index is 13.8. The molecule has 11 heteroatoms. The third kappa shape index (κ3) is 7.34. The fourth-order valence-corrected chi connectivity index (χ4v) is 5.30. The number of carbonyl (C=O) groups is 2. The van der Waals surface area contributed by atoms with E-state index in [1.165, 1.54) is 6.07 Å². The molecule has 0 bridgehead atoms. The van der Waals surface area contributed by atoms with Gasteiger partial charge in [-0.3, -0.25) is 14.3 Å². The number of rotatable bonds is 10. The van der Waals surface area contributed by atoms with Gasteiger partial charge in [-0.05, 0) is 91.7 Å². The van der Waals surface area contributed by atoms with Crippen molar-refractivity contribution in [3.05, 3.63) is 107 Å². The van der Waals surface area contributed by atoms with Crippen LogP contribution in [0.3, 0.4) is 0 Å². The number of ether oxygens (including phenoxy) is 1. The van der Waals surface area contributed by atoms with E-state index in [0.29, 0.717) is 22.0 Å². The van der Waals surface area contributed by atoms with Gasteiger partial charge in [0.05, 0.1) is 35.5 Å². The number of nitrogens with one attached hydrogen (secondary N) is 1. The molecule has 0 spiro atoms. The molecular formula is C35H31ClF3N3O4. The van der Waals surface area contributed by atoms with Crippen molar-refractivity contribution in [1.82, 2.24) is 15.1 Å². The molecule has 46 heavy (non-hydrogen) atoms. The summed E-state index contributed by atoms with van der Waals surface area (Å²) < 4.78 is 49.1. The molecule has 1 heterocycles. The second-order valence-electron chi connectivity index (χ2n) is 11.1. The van der Waals surface area contributed by atoms with E-state index in [9.17, 15) is 22.8 Å². The molecule has 1 atom stereocenters. The summed E-state index contributed by atoms with van der Waals surface area (Å²) in [4.78, 5) is 23.3. The van der Waals surface area contributed by atoms with Gasteiger partial charge < -0.3 is 15.2 Å². The molecule has 5 rings (SSSR count). The Kier molecular flexibility index (Phi) is 9.39. The Hall–Kier alpha value is -4.83. The zero-order valence-corrected chi connectivity index (χ0v) is 26.0. The Labute approximate surface area is 268 Å². The Bertz CT molecular complexity index is 1900. The second kappa shape index (κ2) is 13.3. The van der Waals surface area contributed by atoms with Crippen LogP contribution < -0.4 is 10.1 Å². The van der Waals surface area contributed by atoms with Gasteiger partial charge in [-0.15, -0.1) is 0 Å². The van der Waals surface area contributed by atoms with Gasteiger partial charge in [0.2, 0.25) is 0 Å². The van der Waals surface area contributed by atoms with Crippen molar-refractivity contribution in [2.24, 2.45) is 0 Å². The van der Waals surface area contributed by atoms with E-state index >= 15 is 0 Å². The zero-order chi connectivity index (χ0) is 33.2. The number of carbonyl (C=O) groups excluding carboxylic acids is 1. The number of alkyl halides is 3. The lowest BCUT2D eigenvalue weighted by Gasteiger charge is -2.18. The smallest absolute Gasteiger partial charge is 0.416 e. The van der Waals surface area contributed by atoms with Crippen molar-refractivity contribution in [2.75, 3.05) is 6.54 Å². The van der Waals surface area contributed by atoms with Crippen LogP contribution in [0.15, 0.2) is 84.9 Å². The van der Waals surface area contributed by atoms with Crippen molar-refractivity contribution in [3.63, 3.8) is 0 Å². The number of carboxylic acids is 1. The lowest BCUT2D eigenvalue weighted by Crippen LogP contribution is -2.26. The summed E-state index contributed by atoms with van der Waals surface area (Å²) in [5.41, 5.74) is 2.27. The topological polar surface area (TPSA) is 93.5 Å². The molecule has 4 aromatic carbocycles. The first-order valence-electron chi connectivity index (χ1n) is 14.6. The minimum absolute atomic E-state index is 0.00174. The molecule has 0 saturated carbocycles. The van der Waals surface area contributed by atoms with Gasteiger partial charge in [0, 0.05) is 28.3 Å². The van der Waals surface area contributed by atoms with Crippen LogP contribution in [0.1, 0.15) is 54.7 Å². The highest BCUT2D eigenvalue weighted by molar-refractivity contribution is 6.31. The number of nitrogens with zero attached hydrogens (tertiary/aromatic N) is 2. The highest BCUT2D eigenvalue weighted by Gasteiger charge is 2.32. The van der Waals surface area contributed by atoms with Gasteiger partial charge >= 0.3 is 12.1 Å². The Balaban J connectivity index is 1.60. The Morgan fingerprint density at radius 1 is 0.935 bits per heavy atom. The maximum Gasteiger partial charge on any atom is 0.416 e. The maximum atomic E-state index is 13.8. The van der Waals surface area contributed by atoms with Crippen LogP contribution >= 0.6 is 11.6 Å². The summed E-state index contributed by atoms with van der Waals surface area (Å²) in [6.45, 7) is 5.50. The number of aliphatic carboxylic acids is 1. The average Bonchev–Trinajstić information content (AvgIpc) is 3.45.